The summed E-state index contributed by atoms with van der Waals surface area (Å²) in [4.78, 5) is 30.6. The molecule has 0 spiro atoms. The standard InChI is InChI=1S/C19H22N4O4S/c1-11-16(28-10-21-11)12-2-4-13(5-3-12)19(8-20-9-19)22-17(25)15-6-14(24)7-23(15)18(26)27/h2-5,10,14-15,20,24H,6-9H2,1H3,(H,22,25)(H,26,27)/t14-,15+/m1/s1. The molecule has 2 aromatic rings. The van der Waals surface area contributed by atoms with Gasteiger partial charge in [0.1, 0.15) is 6.04 Å². The third-order valence-electron chi connectivity index (χ3n) is 5.49. The molecule has 1 aromatic heterocycles. The molecule has 0 unspecified atom stereocenters. The number of thiazole rings is 1. The van der Waals surface area contributed by atoms with Gasteiger partial charge in [0.2, 0.25) is 5.91 Å². The Kier molecular flexibility index (Phi) is 4.82. The lowest BCUT2D eigenvalue weighted by Gasteiger charge is -2.44. The lowest BCUT2D eigenvalue weighted by Crippen LogP contribution is -2.68. The van der Waals surface area contributed by atoms with Gasteiger partial charge in [-0.3, -0.25) is 9.69 Å². The second-order valence-corrected chi connectivity index (χ2v) is 8.21. The summed E-state index contributed by atoms with van der Waals surface area (Å²) < 4.78 is 0. The second-order valence-electron chi connectivity index (χ2n) is 7.36. The number of carbonyl (C=O) groups is 2. The number of aryl methyl sites for hydroxylation is 1. The van der Waals surface area contributed by atoms with E-state index < -0.39 is 23.8 Å². The van der Waals surface area contributed by atoms with Crippen molar-refractivity contribution in [3.63, 3.8) is 0 Å². The van der Waals surface area contributed by atoms with Gasteiger partial charge in [-0.1, -0.05) is 24.3 Å². The molecule has 3 heterocycles. The van der Waals surface area contributed by atoms with Crippen LogP contribution >= 0.6 is 11.3 Å². The van der Waals surface area contributed by atoms with Crippen LogP contribution in [0, 0.1) is 6.92 Å². The van der Waals surface area contributed by atoms with Gasteiger partial charge in [-0.15, -0.1) is 11.3 Å². The number of nitrogens with one attached hydrogen (secondary N) is 2. The van der Waals surface area contributed by atoms with Crippen LogP contribution in [-0.2, 0) is 10.3 Å². The van der Waals surface area contributed by atoms with E-state index in [2.05, 4.69) is 15.6 Å². The summed E-state index contributed by atoms with van der Waals surface area (Å²) in [6.07, 6.45) is -1.89. The number of carboxylic acid groups (broad SMARTS) is 1. The molecular weight excluding hydrogens is 380 g/mol. The van der Waals surface area contributed by atoms with Crippen LogP contribution in [0.3, 0.4) is 0 Å². The fourth-order valence-corrected chi connectivity index (χ4v) is 4.66. The molecule has 2 fully saturated rings. The highest BCUT2D eigenvalue weighted by atomic mass is 32.1. The molecule has 1 aromatic carbocycles. The van der Waals surface area contributed by atoms with E-state index in [0.29, 0.717) is 13.1 Å². The van der Waals surface area contributed by atoms with Gasteiger partial charge in [-0.25, -0.2) is 9.78 Å². The number of hydrogen-bond donors (Lipinski definition) is 4. The van der Waals surface area contributed by atoms with Crippen LogP contribution < -0.4 is 10.6 Å². The van der Waals surface area contributed by atoms with Crippen LogP contribution in [0.15, 0.2) is 29.8 Å². The molecule has 2 amide bonds. The summed E-state index contributed by atoms with van der Waals surface area (Å²) >= 11 is 1.59. The van der Waals surface area contributed by atoms with Crippen molar-refractivity contribution in [2.75, 3.05) is 19.6 Å². The van der Waals surface area contributed by atoms with Crippen LogP contribution in [0.5, 0.6) is 0 Å². The van der Waals surface area contributed by atoms with Gasteiger partial charge < -0.3 is 20.8 Å². The Hall–Kier alpha value is -2.49. The summed E-state index contributed by atoms with van der Waals surface area (Å²) in [5, 5.41) is 25.3. The Bertz CT molecular complexity index is 894. The van der Waals surface area contributed by atoms with Gasteiger partial charge in [-0.05, 0) is 18.1 Å². The number of aliphatic hydroxyl groups excluding tert-OH is 1. The van der Waals surface area contributed by atoms with Crippen molar-refractivity contribution in [3.8, 4) is 10.4 Å². The van der Waals surface area contributed by atoms with E-state index in [1.807, 2.05) is 36.7 Å². The molecule has 0 aliphatic carbocycles. The summed E-state index contributed by atoms with van der Waals surface area (Å²) in [7, 11) is 0. The Morgan fingerprint density at radius 1 is 1.32 bits per heavy atom. The first-order chi connectivity index (χ1) is 13.4. The highest BCUT2D eigenvalue weighted by molar-refractivity contribution is 7.13. The zero-order valence-corrected chi connectivity index (χ0v) is 16.2. The molecule has 148 valence electrons. The Morgan fingerprint density at radius 2 is 2.04 bits per heavy atom. The number of benzene rings is 1. The van der Waals surface area contributed by atoms with E-state index >= 15 is 0 Å². The van der Waals surface area contributed by atoms with Crippen LogP contribution in [0.25, 0.3) is 10.4 Å². The third kappa shape index (κ3) is 3.25. The lowest BCUT2D eigenvalue weighted by molar-refractivity contribution is -0.128. The Balaban J connectivity index is 1.53. The average Bonchev–Trinajstić information content (AvgIpc) is 3.24. The largest absolute Gasteiger partial charge is 0.465 e. The first-order valence-electron chi connectivity index (χ1n) is 9.11. The highest BCUT2D eigenvalue weighted by Crippen LogP contribution is 2.32. The maximum absolute atomic E-state index is 12.8. The molecule has 4 rings (SSSR count). The number of carbonyl (C=O) groups excluding carboxylic acids is 1. The van der Waals surface area contributed by atoms with E-state index in [9.17, 15) is 19.8 Å². The fraction of sp³-hybridized carbons (Fsp3) is 0.421. The van der Waals surface area contributed by atoms with Gasteiger partial charge in [-0.2, -0.15) is 0 Å². The molecule has 0 radical (unpaired) electrons. The van der Waals surface area contributed by atoms with E-state index in [1.165, 1.54) is 0 Å². The van der Waals surface area contributed by atoms with Crippen molar-refractivity contribution < 1.29 is 19.8 Å². The first-order valence-corrected chi connectivity index (χ1v) is 9.99. The zero-order chi connectivity index (χ0) is 19.9. The van der Waals surface area contributed by atoms with Crippen LogP contribution in [0.4, 0.5) is 4.79 Å². The molecule has 28 heavy (non-hydrogen) atoms. The van der Waals surface area contributed by atoms with Gasteiger partial charge >= 0.3 is 6.09 Å². The molecule has 2 aliphatic heterocycles. The molecule has 8 nitrogen and oxygen atoms in total. The molecular formula is C19H22N4O4S. The van der Waals surface area contributed by atoms with Crippen molar-refractivity contribution in [2.45, 2.75) is 31.0 Å². The molecule has 4 N–H and O–H groups in total. The minimum Gasteiger partial charge on any atom is -0.465 e. The van der Waals surface area contributed by atoms with E-state index in [1.54, 1.807) is 11.3 Å². The SMILES string of the molecule is Cc1ncsc1-c1ccc(C2(NC(=O)[C@@H]3C[C@@H](O)CN3C(=O)O)CNC2)cc1. The predicted molar refractivity (Wildman–Crippen MR) is 104 cm³/mol. The number of rotatable bonds is 4. The maximum atomic E-state index is 12.8. The molecule has 2 aliphatic rings. The monoisotopic (exact) mass is 402 g/mol. The highest BCUT2D eigenvalue weighted by Gasteiger charge is 2.45. The molecule has 0 saturated carbocycles. The summed E-state index contributed by atoms with van der Waals surface area (Å²) in [6, 6.07) is 7.15. The average molecular weight is 402 g/mol. The van der Waals surface area contributed by atoms with Crippen molar-refractivity contribution in [1.82, 2.24) is 20.5 Å². The van der Waals surface area contributed by atoms with Crippen molar-refractivity contribution in [3.05, 3.63) is 41.0 Å². The van der Waals surface area contributed by atoms with Gasteiger partial charge in [0.15, 0.2) is 0 Å². The number of likely N-dealkylation sites (tertiary alicyclic amines) is 1. The van der Waals surface area contributed by atoms with Crippen LogP contribution in [0.1, 0.15) is 17.7 Å². The fourth-order valence-electron chi connectivity index (χ4n) is 3.85. The number of nitrogens with zero attached hydrogens (tertiary/aromatic N) is 2. The number of hydrogen-bond acceptors (Lipinski definition) is 6. The smallest absolute Gasteiger partial charge is 0.408 e. The number of aliphatic hydroxyl groups is 1. The summed E-state index contributed by atoms with van der Waals surface area (Å²) in [5.74, 6) is -0.372. The van der Waals surface area contributed by atoms with Crippen molar-refractivity contribution in [1.29, 1.82) is 0 Å². The predicted octanol–water partition coefficient (Wildman–Crippen LogP) is 1.15. The Labute approximate surface area is 166 Å². The maximum Gasteiger partial charge on any atom is 0.408 e. The molecule has 9 heteroatoms. The lowest BCUT2D eigenvalue weighted by atomic mass is 9.83. The normalized spacial score (nSPS) is 23.3. The minimum atomic E-state index is -1.19. The third-order valence-corrected chi connectivity index (χ3v) is 6.47. The topological polar surface area (TPSA) is 115 Å². The van der Waals surface area contributed by atoms with Crippen molar-refractivity contribution >= 4 is 23.3 Å². The summed E-state index contributed by atoms with van der Waals surface area (Å²) in [6.45, 7) is 3.07. The Morgan fingerprint density at radius 3 is 2.57 bits per heavy atom. The molecule has 0 bridgehead atoms. The van der Waals surface area contributed by atoms with E-state index in [4.69, 9.17) is 0 Å². The quantitative estimate of drug-likeness (QED) is 0.610. The second kappa shape index (κ2) is 7.16. The molecule has 2 saturated heterocycles. The van der Waals surface area contributed by atoms with Crippen LogP contribution in [-0.4, -0.2) is 63.9 Å². The van der Waals surface area contributed by atoms with E-state index in [0.717, 1.165) is 26.6 Å². The van der Waals surface area contributed by atoms with Crippen LogP contribution in [0.2, 0.25) is 0 Å². The van der Waals surface area contributed by atoms with Gasteiger partial charge in [0.25, 0.3) is 0 Å². The minimum absolute atomic E-state index is 0.0401. The van der Waals surface area contributed by atoms with Gasteiger partial charge in [0, 0.05) is 19.5 Å². The zero-order valence-electron chi connectivity index (χ0n) is 15.4. The van der Waals surface area contributed by atoms with Gasteiger partial charge in [0.05, 0.1) is 34.3 Å². The van der Waals surface area contributed by atoms with Crippen molar-refractivity contribution in [2.24, 2.45) is 0 Å². The van der Waals surface area contributed by atoms with E-state index in [-0.39, 0.29) is 18.9 Å². The molecule has 2 atom stereocenters. The summed E-state index contributed by atoms with van der Waals surface area (Å²) in [5.41, 5.74) is 4.27. The number of β-amino-alcohol motifs (C(OH)–C–C–N with tert-alkyl or cyclic N) is 1. The first kappa shape index (κ1) is 18.9. The number of amides is 2. The number of aromatic nitrogens is 1.